The van der Waals surface area contributed by atoms with Crippen LogP contribution in [-0.2, 0) is 6.54 Å². The minimum Gasteiger partial charge on any atom is -0.493 e. The van der Waals surface area contributed by atoms with Crippen LogP contribution in [0.5, 0.6) is 11.5 Å². The smallest absolute Gasteiger partial charge is 0.127 e. The molecule has 0 heterocycles. The molecule has 1 fully saturated rings. The van der Waals surface area contributed by atoms with Crippen LogP contribution in [0.2, 0.25) is 0 Å². The van der Waals surface area contributed by atoms with Gasteiger partial charge in [0.05, 0.1) is 12.7 Å². The molecule has 0 saturated heterocycles. The molecule has 2 rings (SSSR count). The van der Waals surface area contributed by atoms with Crippen molar-refractivity contribution in [2.24, 2.45) is 5.92 Å². The van der Waals surface area contributed by atoms with E-state index >= 15 is 0 Å². The zero-order valence-electron chi connectivity index (χ0n) is 13.7. The summed E-state index contributed by atoms with van der Waals surface area (Å²) in [5.41, 5.74) is 1.21. The van der Waals surface area contributed by atoms with Crippen molar-refractivity contribution in [3.8, 4) is 11.5 Å². The molecule has 1 aliphatic carbocycles. The Hall–Kier alpha value is -1.22. The predicted molar refractivity (Wildman–Crippen MR) is 87.0 cm³/mol. The van der Waals surface area contributed by atoms with E-state index in [4.69, 9.17) is 9.47 Å². The zero-order valence-corrected chi connectivity index (χ0v) is 13.7. The van der Waals surface area contributed by atoms with E-state index in [0.717, 1.165) is 37.0 Å². The summed E-state index contributed by atoms with van der Waals surface area (Å²) in [6, 6.07) is 6.21. The molecule has 1 N–H and O–H groups in total. The van der Waals surface area contributed by atoms with Crippen LogP contribution in [0, 0.1) is 5.92 Å². The fraction of sp³-hybridized carbons (Fsp3) is 0.667. The maximum atomic E-state index is 6.31. The standard InChI is InChI=1S/C18H29NO2/c1-4-10-20-16-9-8-15(13-19-3)18(12-16)21-17-7-5-6-14(2)11-17/h8-9,12,14,17,19H,4-7,10-11,13H2,1-3H3. The van der Waals surface area contributed by atoms with Crippen molar-refractivity contribution in [2.75, 3.05) is 13.7 Å². The van der Waals surface area contributed by atoms with Gasteiger partial charge < -0.3 is 14.8 Å². The van der Waals surface area contributed by atoms with Gasteiger partial charge in [0.1, 0.15) is 11.5 Å². The van der Waals surface area contributed by atoms with Gasteiger partial charge in [-0.15, -0.1) is 0 Å². The second-order valence-corrected chi connectivity index (χ2v) is 6.16. The molecule has 0 aliphatic heterocycles. The molecule has 3 heteroatoms. The Morgan fingerprint density at radius 3 is 2.86 bits per heavy atom. The molecule has 0 radical (unpaired) electrons. The van der Waals surface area contributed by atoms with Crippen molar-refractivity contribution in [2.45, 2.75) is 58.6 Å². The molecule has 21 heavy (non-hydrogen) atoms. The topological polar surface area (TPSA) is 30.5 Å². The first kappa shape index (κ1) is 16.2. The van der Waals surface area contributed by atoms with Crippen LogP contribution < -0.4 is 14.8 Å². The third-order valence-corrected chi connectivity index (χ3v) is 4.06. The molecule has 3 nitrogen and oxygen atoms in total. The first-order valence-electron chi connectivity index (χ1n) is 8.30. The highest BCUT2D eigenvalue weighted by Gasteiger charge is 2.21. The van der Waals surface area contributed by atoms with Crippen LogP contribution in [-0.4, -0.2) is 19.8 Å². The van der Waals surface area contributed by atoms with Crippen molar-refractivity contribution in [3.05, 3.63) is 23.8 Å². The van der Waals surface area contributed by atoms with Gasteiger partial charge in [0, 0.05) is 18.2 Å². The Bertz CT molecular complexity index is 433. The van der Waals surface area contributed by atoms with Gasteiger partial charge in [-0.25, -0.2) is 0 Å². The van der Waals surface area contributed by atoms with Gasteiger partial charge in [-0.05, 0) is 44.7 Å². The number of ether oxygens (including phenoxy) is 2. The summed E-state index contributed by atoms with van der Waals surface area (Å²) in [6.45, 7) is 6.03. The number of hydrogen-bond acceptors (Lipinski definition) is 3. The zero-order chi connectivity index (χ0) is 15.1. The van der Waals surface area contributed by atoms with Crippen LogP contribution in [0.4, 0.5) is 0 Å². The van der Waals surface area contributed by atoms with Crippen molar-refractivity contribution < 1.29 is 9.47 Å². The largest absolute Gasteiger partial charge is 0.493 e. The van der Waals surface area contributed by atoms with Crippen LogP contribution in [0.25, 0.3) is 0 Å². The minimum absolute atomic E-state index is 0.353. The number of nitrogens with one attached hydrogen (secondary N) is 1. The van der Waals surface area contributed by atoms with Gasteiger partial charge in [0.25, 0.3) is 0 Å². The summed E-state index contributed by atoms with van der Waals surface area (Å²) in [5, 5.41) is 3.21. The monoisotopic (exact) mass is 291 g/mol. The molecular weight excluding hydrogens is 262 g/mol. The van der Waals surface area contributed by atoms with E-state index in [9.17, 15) is 0 Å². The van der Waals surface area contributed by atoms with E-state index in [1.165, 1.54) is 31.2 Å². The highest BCUT2D eigenvalue weighted by Crippen LogP contribution is 2.31. The van der Waals surface area contributed by atoms with Gasteiger partial charge in [0.15, 0.2) is 0 Å². The van der Waals surface area contributed by atoms with E-state index in [0.29, 0.717) is 6.10 Å². The second kappa shape index (κ2) is 8.28. The van der Waals surface area contributed by atoms with Gasteiger partial charge in [-0.1, -0.05) is 26.3 Å². The first-order valence-corrected chi connectivity index (χ1v) is 8.30. The van der Waals surface area contributed by atoms with Crippen LogP contribution in [0.1, 0.15) is 51.5 Å². The lowest BCUT2D eigenvalue weighted by atomic mass is 9.88. The Kier molecular flexibility index (Phi) is 6.37. The molecule has 2 atom stereocenters. The lowest BCUT2D eigenvalue weighted by Gasteiger charge is -2.28. The maximum absolute atomic E-state index is 6.31. The first-order chi connectivity index (χ1) is 10.2. The quantitative estimate of drug-likeness (QED) is 0.818. The highest BCUT2D eigenvalue weighted by atomic mass is 16.5. The average Bonchev–Trinajstić information content (AvgIpc) is 2.48. The van der Waals surface area contributed by atoms with Crippen molar-refractivity contribution >= 4 is 0 Å². The molecule has 0 bridgehead atoms. The average molecular weight is 291 g/mol. The predicted octanol–water partition coefficient (Wildman–Crippen LogP) is 4.15. The van der Waals surface area contributed by atoms with Gasteiger partial charge in [-0.2, -0.15) is 0 Å². The van der Waals surface area contributed by atoms with E-state index in [-0.39, 0.29) is 0 Å². The van der Waals surface area contributed by atoms with Crippen LogP contribution >= 0.6 is 0 Å². The Balaban J connectivity index is 2.09. The highest BCUT2D eigenvalue weighted by molar-refractivity contribution is 5.41. The SMILES string of the molecule is CCCOc1ccc(CNC)c(OC2CCCC(C)C2)c1. The molecule has 2 unspecified atom stereocenters. The third kappa shape index (κ3) is 4.92. The van der Waals surface area contributed by atoms with E-state index in [1.54, 1.807) is 0 Å². The molecule has 0 aromatic heterocycles. The summed E-state index contributed by atoms with van der Waals surface area (Å²) in [4.78, 5) is 0. The second-order valence-electron chi connectivity index (χ2n) is 6.16. The van der Waals surface area contributed by atoms with E-state index in [1.807, 2.05) is 13.1 Å². The molecule has 1 aromatic rings. The van der Waals surface area contributed by atoms with Crippen LogP contribution in [0.3, 0.4) is 0 Å². The fourth-order valence-electron chi connectivity index (χ4n) is 2.96. The van der Waals surface area contributed by atoms with Crippen LogP contribution in [0.15, 0.2) is 18.2 Å². The molecule has 1 aliphatic rings. The summed E-state index contributed by atoms with van der Waals surface area (Å²) in [5.74, 6) is 2.67. The molecule has 0 amide bonds. The molecule has 1 saturated carbocycles. The van der Waals surface area contributed by atoms with Gasteiger partial charge >= 0.3 is 0 Å². The fourth-order valence-corrected chi connectivity index (χ4v) is 2.96. The third-order valence-electron chi connectivity index (χ3n) is 4.06. The Labute approximate surface area is 129 Å². The normalized spacial score (nSPS) is 22.0. The van der Waals surface area contributed by atoms with Crippen molar-refractivity contribution in [3.63, 3.8) is 0 Å². The molecule has 1 aromatic carbocycles. The van der Waals surface area contributed by atoms with Gasteiger partial charge in [-0.3, -0.25) is 0 Å². The number of benzene rings is 1. The molecule has 0 spiro atoms. The van der Waals surface area contributed by atoms with E-state index < -0.39 is 0 Å². The van der Waals surface area contributed by atoms with Crippen molar-refractivity contribution in [1.82, 2.24) is 5.32 Å². The lowest BCUT2D eigenvalue weighted by molar-refractivity contribution is 0.127. The minimum atomic E-state index is 0.353. The number of hydrogen-bond donors (Lipinski definition) is 1. The van der Waals surface area contributed by atoms with Gasteiger partial charge in [0.2, 0.25) is 0 Å². The Morgan fingerprint density at radius 1 is 1.29 bits per heavy atom. The van der Waals surface area contributed by atoms with E-state index in [2.05, 4.69) is 31.3 Å². The number of rotatable bonds is 7. The summed E-state index contributed by atoms with van der Waals surface area (Å²) in [6.07, 6.45) is 6.32. The maximum Gasteiger partial charge on any atom is 0.127 e. The Morgan fingerprint density at radius 2 is 2.14 bits per heavy atom. The summed E-state index contributed by atoms with van der Waals surface area (Å²) < 4.78 is 12.0. The summed E-state index contributed by atoms with van der Waals surface area (Å²) >= 11 is 0. The summed E-state index contributed by atoms with van der Waals surface area (Å²) in [7, 11) is 1.97. The molecule has 118 valence electrons. The van der Waals surface area contributed by atoms with Crippen molar-refractivity contribution in [1.29, 1.82) is 0 Å². The molecular formula is C18H29NO2. The lowest BCUT2D eigenvalue weighted by Crippen LogP contribution is -2.24.